The molecule has 21 heavy (non-hydrogen) atoms. The van der Waals surface area contributed by atoms with Gasteiger partial charge in [-0.1, -0.05) is 6.07 Å². The number of aliphatic imine (C=N–C) groups is 1. The number of nitrogens with zero attached hydrogens (tertiary/aromatic N) is 3. The molecule has 0 amide bonds. The molecule has 0 saturated carbocycles. The molecule has 2 rings (SSSR count). The number of hydrogen-bond acceptors (Lipinski definition) is 3. The van der Waals surface area contributed by atoms with Crippen molar-refractivity contribution in [3.05, 3.63) is 40.6 Å². The van der Waals surface area contributed by atoms with Crippen LogP contribution in [0.1, 0.15) is 24.2 Å². The second kappa shape index (κ2) is 7.72. The minimum Gasteiger partial charge on any atom is -0.357 e. The molecule has 0 fully saturated rings. The highest BCUT2D eigenvalue weighted by atomic mass is 32.1. The average Bonchev–Trinajstić information content (AvgIpc) is 3.12. The highest BCUT2D eigenvalue weighted by molar-refractivity contribution is 7.09. The number of alkyl halides is 2. The van der Waals surface area contributed by atoms with E-state index in [4.69, 9.17) is 0 Å². The first kappa shape index (κ1) is 15.4. The number of guanidine groups is 1. The molecule has 0 aromatic carbocycles. The van der Waals surface area contributed by atoms with Gasteiger partial charge in [-0.25, -0.2) is 9.98 Å². The molecule has 0 aliphatic rings. The minimum absolute atomic E-state index is 0.0944. The molecule has 0 unspecified atom stereocenters. The van der Waals surface area contributed by atoms with Crippen LogP contribution >= 0.6 is 11.3 Å². The van der Waals surface area contributed by atoms with E-state index in [-0.39, 0.29) is 12.4 Å². The lowest BCUT2D eigenvalue weighted by Gasteiger charge is -2.10. The fourth-order valence-electron chi connectivity index (χ4n) is 1.72. The topological polar surface area (TPSA) is 54.2 Å². The molecule has 2 heterocycles. The fraction of sp³-hybridized carbons (Fsp3) is 0.385. The quantitative estimate of drug-likeness (QED) is 0.637. The van der Waals surface area contributed by atoms with Gasteiger partial charge in [-0.3, -0.25) is 4.57 Å². The molecule has 0 aliphatic carbocycles. The Bertz CT molecular complexity index is 565. The Balaban J connectivity index is 1.98. The fourth-order valence-corrected chi connectivity index (χ4v) is 2.36. The van der Waals surface area contributed by atoms with Crippen LogP contribution in [0.15, 0.2) is 34.9 Å². The Kier molecular flexibility index (Phi) is 5.68. The Labute approximate surface area is 125 Å². The van der Waals surface area contributed by atoms with Gasteiger partial charge in [0, 0.05) is 23.8 Å². The van der Waals surface area contributed by atoms with Crippen molar-refractivity contribution in [1.29, 1.82) is 0 Å². The summed E-state index contributed by atoms with van der Waals surface area (Å²) in [6.07, 6.45) is 2.60. The third-order valence-corrected chi connectivity index (χ3v) is 3.57. The molecule has 0 bridgehead atoms. The number of rotatable bonds is 6. The number of aromatic nitrogens is 2. The maximum absolute atomic E-state index is 12.7. The molecule has 2 aromatic rings. The number of imidazole rings is 1. The molecule has 114 valence electrons. The summed E-state index contributed by atoms with van der Waals surface area (Å²) in [6.45, 7) is 0.783. The predicted molar refractivity (Wildman–Crippen MR) is 79.5 cm³/mol. The first-order valence-electron chi connectivity index (χ1n) is 6.55. The normalized spacial score (nSPS) is 11.9. The summed E-state index contributed by atoms with van der Waals surface area (Å²) in [5.41, 5.74) is 0. The summed E-state index contributed by atoms with van der Waals surface area (Å²) in [7, 11) is 0. The van der Waals surface area contributed by atoms with Crippen LogP contribution < -0.4 is 10.6 Å². The number of nitrogens with one attached hydrogen (secondary N) is 2. The highest BCUT2D eigenvalue weighted by Crippen LogP contribution is 2.13. The number of hydrogen-bond donors (Lipinski definition) is 2. The van der Waals surface area contributed by atoms with Crippen LogP contribution in [0.4, 0.5) is 8.78 Å². The van der Waals surface area contributed by atoms with Crippen LogP contribution in [0.2, 0.25) is 0 Å². The molecule has 0 atom stereocenters. The lowest BCUT2D eigenvalue weighted by Crippen LogP contribution is -2.36. The highest BCUT2D eigenvalue weighted by Gasteiger charge is 2.10. The van der Waals surface area contributed by atoms with E-state index < -0.39 is 6.55 Å². The summed E-state index contributed by atoms with van der Waals surface area (Å²) < 4.78 is 26.2. The van der Waals surface area contributed by atoms with Crippen molar-refractivity contribution in [2.75, 3.05) is 6.54 Å². The molecule has 2 N–H and O–H groups in total. The van der Waals surface area contributed by atoms with Gasteiger partial charge in [-0.05, 0) is 18.4 Å². The Morgan fingerprint density at radius 2 is 2.33 bits per heavy atom. The first-order chi connectivity index (χ1) is 10.2. The van der Waals surface area contributed by atoms with Gasteiger partial charge in [0.15, 0.2) is 5.96 Å². The summed E-state index contributed by atoms with van der Waals surface area (Å²) >= 11 is 1.64. The van der Waals surface area contributed by atoms with Gasteiger partial charge in [0.2, 0.25) is 0 Å². The zero-order valence-corrected chi connectivity index (χ0v) is 12.4. The van der Waals surface area contributed by atoms with E-state index in [0.29, 0.717) is 19.0 Å². The molecule has 0 spiro atoms. The molecular weight excluding hydrogens is 296 g/mol. The SMILES string of the molecule is CCNC(=NCc1nccn1C(F)F)NCc1cccs1. The minimum atomic E-state index is -2.60. The molecule has 0 aliphatic heterocycles. The van der Waals surface area contributed by atoms with E-state index in [0.717, 1.165) is 4.57 Å². The number of thiophene rings is 1. The maximum atomic E-state index is 12.7. The third-order valence-electron chi connectivity index (χ3n) is 2.69. The first-order valence-corrected chi connectivity index (χ1v) is 7.43. The van der Waals surface area contributed by atoms with Crippen LogP contribution in [-0.2, 0) is 13.1 Å². The zero-order chi connectivity index (χ0) is 15.1. The summed E-state index contributed by atoms with van der Waals surface area (Å²) in [5.74, 6) is 0.813. The second-order valence-corrected chi connectivity index (χ2v) is 5.19. The maximum Gasteiger partial charge on any atom is 0.319 e. The van der Waals surface area contributed by atoms with E-state index in [9.17, 15) is 8.78 Å². The molecular formula is C13H17F2N5S. The summed E-state index contributed by atoms with van der Waals surface area (Å²) in [5, 5.41) is 8.23. The smallest absolute Gasteiger partial charge is 0.319 e. The van der Waals surface area contributed by atoms with Crippen molar-refractivity contribution < 1.29 is 8.78 Å². The second-order valence-electron chi connectivity index (χ2n) is 4.16. The lowest BCUT2D eigenvalue weighted by atomic mass is 10.4. The zero-order valence-electron chi connectivity index (χ0n) is 11.6. The van der Waals surface area contributed by atoms with Crippen LogP contribution in [0.3, 0.4) is 0 Å². The Morgan fingerprint density at radius 1 is 1.48 bits per heavy atom. The van der Waals surface area contributed by atoms with Crippen molar-refractivity contribution in [3.63, 3.8) is 0 Å². The van der Waals surface area contributed by atoms with Gasteiger partial charge in [-0.15, -0.1) is 11.3 Å². The monoisotopic (exact) mass is 313 g/mol. The van der Waals surface area contributed by atoms with Crippen LogP contribution in [0.25, 0.3) is 0 Å². The van der Waals surface area contributed by atoms with Crippen LogP contribution in [0.5, 0.6) is 0 Å². The van der Waals surface area contributed by atoms with Gasteiger partial charge in [0.05, 0.1) is 6.54 Å². The molecule has 0 radical (unpaired) electrons. The van der Waals surface area contributed by atoms with Crippen LogP contribution in [-0.4, -0.2) is 22.1 Å². The summed E-state index contributed by atoms with van der Waals surface area (Å²) in [4.78, 5) is 9.36. The largest absolute Gasteiger partial charge is 0.357 e. The van der Waals surface area contributed by atoms with E-state index in [1.165, 1.54) is 17.3 Å². The van der Waals surface area contributed by atoms with Gasteiger partial charge in [0.25, 0.3) is 0 Å². The molecule has 8 heteroatoms. The predicted octanol–water partition coefficient (Wildman–Crippen LogP) is 2.60. The van der Waals surface area contributed by atoms with Crippen molar-refractivity contribution in [2.24, 2.45) is 4.99 Å². The summed E-state index contributed by atoms with van der Waals surface area (Å²) in [6, 6.07) is 4.00. The van der Waals surface area contributed by atoms with E-state index in [1.54, 1.807) is 11.3 Å². The lowest BCUT2D eigenvalue weighted by molar-refractivity contribution is 0.0671. The van der Waals surface area contributed by atoms with Crippen molar-refractivity contribution in [3.8, 4) is 0 Å². The van der Waals surface area contributed by atoms with Gasteiger partial charge >= 0.3 is 6.55 Å². The van der Waals surface area contributed by atoms with Crippen molar-refractivity contribution >= 4 is 17.3 Å². The average molecular weight is 313 g/mol. The standard InChI is InChI=1S/C13H17F2N5S/c1-2-16-13(18-8-10-4-3-7-21-10)19-9-11-17-5-6-20(11)12(14)15/h3-7,12H,2,8-9H2,1H3,(H2,16,18,19). The van der Waals surface area contributed by atoms with Gasteiger partial charge in [0.1, 0.15) is 12.4 Å². The van der Waals surface area contributed by atoms with E-state index in [2.05, 4.69) is 20.6 Å². The molecule has 0 saturated heterocycles. The van der Waals surface area contributed by atoms with E-state index in [1.807, 2.05) is 24.4 Å². The van der Waals surface area contributed by atoms with Crippen LogP contribution in [0, 0.1) is 0 Å². The molecule has 2 aromatic heterocycles. The van der Waals surface area contributed by atoms with Gasteiger partial charge in [-0.2, -0.15) is 8.78 Å². The van der Waals surface area contributed by atoms with Crippen molar-refractivity contribution in [2.45, 2.75) is 26.6 Å². The van der Waals surface area contributed by atoms with Gasteiger partial charge < -0.3 is 10.6 Å². The van der Waals surface area contributed by atoms with E-state index >= 15 is 0 Å². The number of halogens is 2. The molecule has 5 nitrogen and oxygen atoms in total. The Morgan fingerprint density at radius 3 is 3.00 bits per heavy atom. The van der Waals surface area contributed by atoms with Crippen molar-refractivity contribution in [1.82, 2.24) is 20.2 Å². The Hall–Kier alpha value is -1.96. The third kappa shape index (κ3) is 4.52.